The van der Waals surface area contributed by atoms with Gasteiger partial charge in [-0.3, -0.25) is 4.90 Å². The number of nitrogens with one attached hydrogen (secondary N) is 1. The Hall–Kier alpha value is -0.0800. The van der Waals surface area contributed by atoms with Crippen LogP contribution >= 0.6 is 0 Å². The average Bonchev–Trinajstić information content (AvgIpc) is 2.56. The lowest BCUT2D eigenvalue weighted by Gasteiger charge is -2.37. The maximum atomic E-state index is 3.51. The second-order valence-corrected chi connectivity index (χ2v) is 5.56. The molecule has 0 aromatic rings. The predicted octanol–water partition coefficient (Wildman–Crippen LogP) is 1.33. The Morgan fingerprint density at radius 1 is 1.14 bits per heavy atom. The zero-order valence-corrected chi connectivity index (χ0v) is 9.21. The van der Waals surface area contributed by atoms with E-state index in [2.05, 4.69) is 17.1 Å². The van der Waals surface area contributed by atoms with Gasteiger partial charge in [-0.05, 0) is 50.6 Å². The van der Waals surface area contributed by atoms with E-state index in [1.807, 2.05) is 0 Å². The smallest absolute Gasteiger partial charge is 0.00954 e. The summed E-state index contributed by atoms with van der Waals surface area (Å²) in [5.41, 5.74) is 0. The number of likely N-dealkylation sites (tertiary alicyclic amines) is 1. The molecular formula is C12H22N2. The molecule has 2 heteroatoms. The summed E-state index contributed by atoms with van der Waals surface area (Å²) in [5.74, 6) is 2.97. The van der Waals surface area contributed by atoms with Gasteiger partial charge in [0.1, 0.15) is 0 Å². The fraction of sp³-hybridized carbons (Fsp3) is 1.00. The number of rotatable bonds is 2. The maximum absolute atomic E-state index is 3.51. The molecule has 3 unspecified atom stereocenters. The Labute approximate surface area is 87.0 Å². The van der Waals surface area contributed by atoms with Gasteiger partial charge < -0.3 is 5.32 Å². The van der Waals surface area contributed by atoms with E-state index in [4.69, 9.17) is 0 Å². The molecule has 1 aliphatic carbocycles. The highest BCUT2D eigenvalue weighted by Gasteiger charge is 2.40. The minimum Gasteiger partial charge on any atom is -0.316 e. The molecule has 3 aliphatic rings. The van der Waals surface area contributed by atoms with Gasteiger partial charge in [0.25, 0.3) is 0 Å². The molecule has 0 aromatic heterocycles. The van der Waals surface area contributed by atoms with E-state index in [1.54, 1.807) is 0 Å². The van der Waals surface area contributed by atoms with Crippen molar-refractivity contribution in [1.82, 2.24) is 10.2 Å². The molecule has 3 atom stereocenters. The highest BCUT2D eigenvalue weighted by molar-refractivity contribution is 4.94. The van der Waals surface area contributed by atoms with Crippen LogP contribution in [0.1, 0.15) is 26.2 Å². The molecule has 2 aliphatic heterocycles. The number of nitrogens with zero attached hydrogens (tertiary/aromatic N) is 1. The van der Waals surface area contributed by atoms with Gasteiger partial charge in [-0.25, -0.2) is 0 Å². The van der Waals surface area contributed by atoms with E-state index in [0.29, 0.717) is 0 Å². The molecule has 3 fully saturated rings. The van der Waals surface area contributed by atoms with E-state index in [9.17, 15) is 0 Å². The fourth-order valence-electron chi connectivity index (χ4n) is 3.44. The van der Waals surface area contributed by atoms with Gasteiger partial charge in [0.2, 0.25) is 0 Å². The van der Waals surface area contributed by atoms with Gasteiger partial charge in [-0.2, -0.15) is 0 Å². The van der Waals surface area contributed by atoms with E-state index < -0.39 is 0 Å². The van der Waals surface area contributed by atoms with E-state index in [-0.39, 0.29) is 0 Å². The van der Waals surface area contributed by atoms with Crippen molar-refractivity contribution in [2.75, 3.05) is 26.2 Å². The SMILES string of the molecule is CC(C1CCC1)N1CC2CNCC2C1. The van der Waals surface area contributed by atoms with Crippen molar-refractivity contribution in [3.05, 3.63) is 0 Å². The van der Waals surface area contributed by atoms with Crippen molar-refractivity contribution >= 4 is 0 Å². The second-order valence-electron chi connectivity index (χ2n) is 5.56. The van der Waals surface area contributed by atoms with E-state index in [1.165, 1.54) is 45.4 Å². The lowest BCUT2D eigenvalue weighted by Crippen LogP contribution is -2.41. The summed E-state index contributed by atoms with van der Waals surface area (Å²) < 4.78 is 0. The standard InChI is InChI=1S/C12H22N2/c1-9(10-3-2-4-10)14-7-11-5-13-6-12(11)8-14/h9-13H,2-8H2,1H3. The second kappa shape index (κ2) is 3.49. The first-order chi connectivity index (χ1) is 6.84. The first kappa shape index (κ1) is 9.17. The van der Waals surface area contributed by atoms with Crippen molar-refractivity contribution < 1.29 is 0 Å². The van der Waals surface area contributed by atoms with E-state index >= 15 is 0 Å². The summed E-state index contributed by atoms with van der Waals surface area (Å²) in [5, 5.41) is 3.51. The summed E-state index contributed by atoms with van der Waals surface area (Å²) in [7, 11) is 0. The van der Waals surface area contributed by atoms with Crippen molar-refractivity contribution in [2.24, 2.45) is 17.8 Å². The van der Waals surface area contributed by atoms with Crippen LogP contribution in [0.25, 0.3) is 0 Å². The van der Waals surface area contributed by atoms with Crippen molar-refractivity contribution in [3.8, 4) is 0 Å². The summed E-state index contributed by atoms with van der Waals surface area (Å²) in [6.07, 6.45) is 4.47. The number of fused-ring (bicyclic) bond motifs is 1. The lowest BCUT2D eigenvalue weighted by atomic mass is 9.80. The van der Waals surface area contributed by atoms with E-state index in [0.717, 1.165) is 23.8 Å². The van der Waals surface area contributed by atoms with Gasteiger partial charge >= 0.3 is 0 Å². The van der Waals surface area contributed by atoms with Crippen molar-refractivity contribution in [1.29, 1.82) is 0 Å². The minimum absolute atomic E-state index is 0.870. The largest absolute Gasteiger partial charge is 0.316 e. The maximum Gasteiger partial charge on any atom is 0.00954 e. The van der Waals surface area contributed by atoms with Crippen LogP contribution in [0.5, 0.6) is 0 Å². The van der Waals surface area contributed by atoms with Gasteiger partial charge in [0, 0.05) is 19.1 Å². The third-order valence-corrected chi connectivity index (χ3v) is 4.83. The average molecular weight is 194 g/mol. The third kappa shape index (κ3) is 1.40. The zero-order valence-electron chi connectivity index (χ0n) is 9.21. The zero-order chi connectivity index (χ0) is 9.54. The molecule has 0 radical (unpaired) electrons. The Bertz CT molecular complexity index is 200. The molecule has 0 spiro atoms. The molecule has 0 aromatic carbocycles. The monoisotopic (exact) mass is 194 g/mol. The van der Waals surface area contributed by atoms with Crippen LogP contribution < -0.4 is 5.32 Å². The lowest BCUT2D eigenvalue weighted by molar-refractivity contribution is 0.123. The van der Waals surface area contributed by atoms with Crippen LogP contribution in [-0.4, -0.2) is 37.1 Å². The summed E-state index contributed by atoms with van der Waals surface area (Å²) >= 11 is 0. The highest BCUT2D eigenvalue weighted by atomic mass is 15.2. The normalized spacial score (nSPS) is 40.9. The minimum atomic E-state index is 0.870. The molecule has 2 heterocycles. The molecule has 3 rings (SSSR count). The molecular weight excluding hydrogens is 172 g/mol. The first-order valence-electron chi connectivity index (χ1n) is 6.29. The summed E-state index contributed by atoms with van der Waals surface area (Å²) in [6.45, 7) is 7.75. The third-order valence-electron chi connectivity index (χ3n) is 4.83. The summed E-state index contributed by atoms with van der Waals surface area (Å²) in [6, 6.07) is 0.870. The molecule has 2 nitrogen and oxygen atoms in total. The first-order valence-corrected chi connectivity index (χ1v) is 6.29. The Balaban J connectivity index is 1.59. The Morgan fingerprint density at radius 3 is 2.29 bits per heavy atom. The topological polar surface area (TPSA) is 15.3 Å². The van der Waals surface area contributed by atoms with Gasteiger partial charge in [0.05, 0.1) is 0 Å². The molecule has 2 saturated heterocycles. The summed E-state index contributed by atoms with van der Waals surface area (Å²) in [4.78, 5) is 2.76. The number of hydrogen-bond donors (Lipinski definition) is 1. The van der Waals surface area contributed by atoms with Crippen LogP contribution in [0.2, 0.25) is 0 Å². The van der Waals surface area contributed by atoms with Crippen LogP contribution in [0.15, 0.2) is 0 Å². The number of hydrogen-bond acceptors (Lipinski definition) is 2. The van der Waals surface area contributed by atoms with Crippen LogP contribution in [0.4, 0.5) is 0 Å². The predicted molar refractivity (Wildman–Crippen MR) is 58.2 cm³/mol. The van der Waals surface area contributed by atoms with Crippen molar-refractivity contribution in [3.63, 3.8) is 0 Å². The Kier molecular flexibility index (Phi) is 2.29. The Morgan fingerprint density at radius 2 is 1.79 bits per heavy atom. The van der Waals surface area contributed by atoms with Gasteiger partial charge in [-0.15, -0.1) is 0 Å². The highest BCUT2D eigenvalue weighted by Crippen LogP contribution is 2.36. The molecule has 80 valence electrons. The molecule has 14 heavy (non-hydrogen) atoms. The molecule has 0 bridgehead atoms. The van der Waals surface area contributed by atoms with Gasteiger partial charge in [-0.1, -0.05) is 6.42 Å². The van der Waals surface area contributed by atoms with Crippen LogP contribution in [0.3, 0.4) is 0 Å². The quantitative estimate of drug-likeness (QED) is 0.713. The molecule has 1 N–H and O–H groups in total. The molecule has 1 saturated carbocycles. The fourth-order valence-corrected chi connectivity index (χ4v) is 3.44. The van der Waals surface area contributed by atoms with Gasteiger partial charge in [0.15, 0.2) is 0 Å². The van der Waals surface area contributed by atoms with Crippen LogP contribution in [0, 0.1) is 17.8 Å². The van der Waals surface area contributed by atoms with Crippen LogP contribution in [-0.2, 0) is 0 Å². The van der Waals surface area contributed by atoms with Crippen molar-refractivity contribution in [2.45, 2.75) is 32.2 Å². The molecule has 0 amide bonds.